The van der Waals surface area contributed by atoms with E-state index < -0.39 is 23.3 Å². The summed E-state index contributed by atoms with van der Waals surface area (Å²) < 4.78 is 58.8. The molecule has 0 amide bonds. The third-order valence-electron chi connectivity index (χ3n) is 11.4. The summed E-state index contributed by atoms with van der Waals surface area (Å²) in [5.74, 6) is -0.332. The van der Waals surface area contributed by atoms with Crippen LogP contribution in [-0.2, 0) is 11.2 Å². The molecule has 2 unspecified atom stereocenters. The van der Waals surface area contributed by atoms with Crippen LogP contribution in [0.3, 0.4) is 0 Å². The average Bonchev–Trinajstić information content (AvgIpc) is 3.72. The molecule has 2 bridgehead atoms. The lowest BCUT2D eigenvalue weighted by Crippen LogP contribution is -2.46. The number of aromatic nitrogens is 3. The molecular formula is C37H42F3N5O4. The molecule has 9 nitrogen and oxygen atoms in total. The van der Waals surface area contributed by atoms with Gasteiger partial charge in [-0.25, -0.2) is 13.2 Å². The van der Waals surface area contributed by atoms with Gasteiger partial charge in [0.05, 0.1) is 30.7 Å². The number of anilines is 1. The van der Waals surface area contributed by atoms with E-state index in [1.165, 1.54) is 18.2 Å². The number of pyridine rings is 1. The zero-order valence-electron chi connectivity index (χ0n) is 27.7. The Morgan fingerprint density at radius 2 is 1.96 bits per heavy atom. The number of halogens is 3. The molecule has 49 heavy (non-hydrogen) atoms. The van der Waals surface area contributed by atoms with Crippen molar-refractivity contribution in [2.24, 2.45) is 11.3 Å². The third-order valence-corrected chi connectivity index (χ3v) is 11.4. The second-order valence-corrected chi connectivity index (χ2v) is 14.6. The van der Waals surface area contributed by atoms with Gasteiger partial charge in [-0.1, -0.05) is 13.0 Å². The molecule has 260 valence electrons. The quantitative estimate of drug-likeness (QED) is 0.197. The third kappa shape index (κ3) is 5.65. The Morgan fingerprint density at radius 1 is 1.08 bits per heavy atom. The van der Waals surface area contributed by atoms with Crippen molar-refractivity contribution in [2.75, 3.05) is 57.5 Å². The van der Waals surface area contributed by atoms with Crippen molar-refractivity contribution in [2.45, 2.75) is 63.6 Å². The Kier molecular flexibility index (Phi) is 8.31. The summed E-state index contributed by atoms with van der Waals surface area (Å²) in [5.41, 5.74) is 0.0431. The van der Waals surface area contributed by atoms with Crippen LogP contribution >= 0.6 is 0 Å². The van der Waals surface area contributed by atoms with E-state index in [9.17, 15) is 14.6 Å². The first-order valence-corrected chi connectivity index (χ1v) is 17.5. The minimum Gasteiger partial charge on any atom is -0.508 e. The van der Waals surface area contributed by atoms with Crippen LogP contribution in [0.15, 0.2) is 30.5 Å². The fourth-order valence-corrected chi connectivity index (χ4v) is 9.29. The Morgan fingerprint density at radius 3 is 2.80 bits per heavy atom. The van der Waals surface area contributed by atoms with E-state index in [0.29, 0.717) is 72.5 Å². The Hall–Kier alpha value is -3.74. The Bertz CT molecular complexity index is 1910. The van der Waals surface area contributed by atoms with Crippen LogP contribution < -0.4 is 9.64 Å². The summed E-state index contributed by atoms with van der Waals surface area (Å²) >= 11 is 0. The second kappa shape index (κ2) is 12.5. The lowest BCUT2D eigenvalue weighted by Gasteiger charge is -2.41. The molecule has 2 aromatic heterocycles. The van der Waals surface area contributed by atoms with Gasteiger partial charge in [0.2, 0.25) is 0 Å². The second-order valence-electron chi connectivity index (χ2n) is 14.6. The molecule has 3 aliphatic heterocycles. The molecule has 8 rings (SSSR count). The van der Waals surface area contributed by atoms with Crippen molar-refractivity contribution in [3.05, 3.63) is 47.7 Å². The number of nitrogens with zero attached hydrogens (tertiary/aromatic N) is 5. The molecule has 1 aliphatic carbocycles. The van der Waals surface area contributed by atoms with Gasteiger partial charge in [0.1, 0.15) is 41.4 Å². The number of piperidine rings is 1. The average molecular weight is 678 g/mol. The van der Waals surface area contributed by atoms with Crippen molar-refractivity contribution >= 4 is 27.5 Å². The number of alkyl halides is 1. The minimum atomic E-state index is -0.925. The maximum atomic E-state index is 17.0. The highest BCUT2D eigenvalue weighted by atomic mass is 19.1. The molecule has 4 atom stereocenters. The molecule has 4 fully saturated rings. The number of fused-ring (bicyclic) bond motifs is 5. The highest BCUT2D eigenvalue weighted by molar-refractivity contribution is 6.01. The molecule has 3 saturated heterocycles. The molecule has 1 saturated carbocycles. The van der Waals surface area contributed by atoms with E-state index in [1.54, 1.807) is 12.3 Å². The van der Waals surface area contributed by atoms with Crippen molar-refractivity contribution in [1.29, 1.82) is 0 Å². The highest BCUT2D eigenvalue weighted by Gasteiger charge is 2.50. The standard InChI is InChI=1S/C37H42F3N5O4/c1-2-26-29(39)5-4-23-12-25(47)13-27(30(23)26)32-31(40)33-28(16-41-32)34(44-17-22-6-8-36(14-22,19-44)20-48-11-10-46)43-35(42-33)49-21-37-7-3-9-45(37)18-24(38)15-37/h4-5,12-13,16,22,24,46-47H,2-3,6-11,14-15,17-21H2,1H3/t22?,24-,36?,37+/m1/s1. The summed E-state index contributed by atoms with van der Waals surface area (Å²) in [4.78, 5) is 18.4. The largest absolute Gasteiger partial charge is 0.508 e. The van der Waals surface area contributed by atoms with Gasteiger partial charge in [0, 0.05) is 43.2 Å². The Labute approximate surface area is 283 Å². The summed E-state index contributed by atoms with van der Waals surface area (Å²) in [5, 5.41) is 21.4. The summed E-state index contributed by atoms with van der Waals surface area (Å²) in [7, 11) is 0. The smallest absolute Gasteiger partial charge is 0.319 e. The van der Waals surface area contributed by atoms with Gasteiger partial charge in [-0.2, -0.15) is 9.97 Å². The number of ether oxygens (including phenoxy) is 2. The van der Waals surface area contributed by atoms with Gasteiger partial charge < -0.3 is 24.6 Å². The van der Waals surface area contributed by atoms with Crippen LogP contribution in [0.2, 0.25) is 0 Å². The van der Waals surface area contributed by atoms with E-state index >= 15 is 8.78 Å². The number of phenolic OH excluding ortho intramolecular Hbond substituents is 1. The number of aromatic hydroxyl groups is 1. The predicted molar refractivity (Wildman–Crippen MR) is 180 cm³/mol. The number of hydrogen-bond donors (Lipinski definition) is 2. The maximum Gasteiger partial charge on any atom is 0.319 e. The number of aliphatic hydroxyl groups excluding tert-OH is 1. The maximum absolute atomic E-state index is 17.0. The Balaban J connectivity index is 1.25. The summed E-state index contributed by atoms with van der Waals surface area (Å²) in [6.07, 6.45) is 6.14. The first-order chi connectivity index (χ1) is 23.7. The number of hydrogen-bond acceptors (Lipinski definition) is 9. The van der Waals surface area contributed by atoms with Crippen LogP contribution in [-0.4, -0.2) is 94.4 Å². The molecule has 0 radical (unpaired) electrons. The topological polar surface area (TPSA) is 104 Å². The van der Waals surface area contributed by atoms with Crippen LogP contribution in [0, 0.1) is 23.0 Å². The molecule has 4 aromatic rings. The fraction of sp³-hybridized carbons (Fsp3) is 0.541. The monoisotopic (exact) mass is 677 g/mol. The summed E-state index contributed by atoms with van der Waals surface area (Å²) in [6.45, 7) is 5.28. The van der Waals surface area contributed by atoms with Crippen molar-refractivity contribution in [3.63, 3.8) is 0 Å². The normalized spacial score (nSPS) is 26.7. The van der Waals surface area contributed by atoms with Gasteiger partial charge in [0.15, 0.2) is 5.82 Å². The predicted octanol–water partition coefficient (Wildman–Crippen LogP) is 5.96. The van der Waals surface area contributed by atoms with Crippen LogP contribution in [0.1, 0.15) is 51.0 Å². The van der Waals surface area contributed by atoms with E-state index in [0.717, 1.165) is 38.6 Å². The molecule has 4 aliphatic rings. The molecular weight excluding hydrogens is 635 g/mol. The van der Waals surface area contributed by atoms with Crippen LogP contribution in [0.4, 0.5) is 19.0 Å². The number of benzene rings is 2. The number of aliphatic hydroxyl groups is 1. The molecule has 2 N–H and O–H groups in total. The van der Waals surface area contributed by atoms with Gasteiger partial charge >= 0.3 is 6.01 Å². The lowest BCUT2D eigenvalue weighted by molar-refractivity contribution is 0.0239. The molecule has 2 aromatic carbocycles. The fourth-order valence-electron chi connectivity index (χ4n) is 9.29. The first-order valence-electron chi connectivity index (χ1n) is 17.5. The molecule has 12 heteroatoms. The van der Waals surface area contributed by atoms with Gasteiger partial charge in [0.25, 0.3) is 0 Å². The van der Waals surface area contributed by atoms with Crippen molar-refractivity contribution in [3.8, 4) is 23.0 Å². The molecule has 0 spiro atoms. The zero-order chi connectivity index (χ0) is 33.9. The lowest BCUT2D eigenvalue weighted by atomic mass is 9.82. The summed E-state index contributed by atoms with van der Waals surface area (Å²) in [6, 6.07) is 5.87. The number of aryl methyl sites for hydroxylation is 1. The van der Waals surface area contributed by atoms with Gasteiger partial charge in [-0.15, -0.1) is 0 Å². The van der Waals surface area contributed by atoms with Crippen LogP contribution in [0.25, 0.3) is 32.9 Å². The van der Waals surface area contributed by atoms with E-state index in [4.69, 9.17) is 14.5 Å². The highest BCUT2D eigenvalue weighted by Crippen LogP contribution is 2.49. The SMILES string of the molecule is CCc1c(F)ccc2cc(O)cc(-c3ncc4c(N5CC6CCC(COCCO)(C6)C5)nc(OC[C@@]56CCCN5C[C@H](F)C6)nc4c3F)c12. The van der Waals surface area contributed by atoms with Crippen molar-refractivity contribution < 1.29 is 32.9 Å². The number of rotatable bonds is 10. The zero-order valence-corrected chi connectivity index (χ0v) is 27.7. The number of phenols is 1. The van der Waals surface area contributed by atoms with Gasteiger partial charge in [-0.3, -0.25) is 9.88 Å². The van der Waals surface area contributed by atoms with Crippen molar-refractivity contribution in [1.82, 2.24) is 19.9 Å². The first kappa shape index (κ1) is 32.5. The van der Waals surface area contributed by atoms with E-state index in [-0.39, 0.29) is 53.8 Å². The van der Waals surface area contributed by atoms with Gasteiger partial charge in [-0.05, 0) is 85.5 Å². The minimum absolute atomic E-state index is 0.00615. The molecule has 5 heterocycles. The van der Waals surface area contributed by atoms with E-state index in [2.05, 4.69) is 19.8 Å². The van der Waals surface area contributed by atoms with E-state index in [1.807, 2.05) is 6.92 Å². The van der Waals surface area contributed by atoms with Crippen LogP contribution in [0.5, 0.6) is 11.8 Å².